The fraction of sp³-hybridized carbons (Fsp3) is 0.357. The molecular weight excluding hydrogens is 399 g/mol. The number of hydrogen-bond acceptors (Lipinski definition) is 2. The number of benzene rings is 2. The lowest BCUT2D eigenvalue weighted by molar-refractivity contribution is 0.0925. The molecule has 0 saturated heterocycles. The molecule has 0 spiro atoms. The molecular formula is C28H27FN2O. The van der Waals surface area contributed by atoms with Crippen LogP contribution in [0.5, 0.6) is 0 Å². The number of halogens is 1. The Balaban J connectivity index is 1.23. The number of nitrogens with zero attached hydrogens (tertiary/aromatic N) is 1. The van der Waals surface area contributed by atoms with Crippen LogP contribution in [0.25, 0.3) is 10.9 Å². The molecule has 4 heteroatoms. The van der Waals surface area contributed by atoms with Gasteiger partial charge in [-0.1, -0.05) is 5.92 Å². The monoisotopic (exact) mass is 426 g/mol. The van der Waals surface area contributed by atoms with E-state index in [1.807, 2.05) is 6.20 Å². The maximum Gasteiger partial charge on any atom is 0.251 e. The topological polar surface area (TPSA) is 42.0 Å². The first-order valence-electron chi connectivity index (χ1n) is 11.4. The van der Waals surface area contributed by atoms with Crippen LogP contribution < -0.4 is 5.32 Å². The maximum atomic E-state index is 13.9. The van der Waals surface area contributed by atoms with Gasteiger partial charge in [0.05, 0.1) is 5.52 Å². The quantitative estimate of drug-likeness (QED) is 0.544. The van der Waals surface area contributed by atoms with E-state index in [2.05, 4.69) is 29.2 Å². The molecule has 162 valence electrons. The summed E-state index contributed by atoms with van der Waals surface area (Å²) in [5.41, 5.74) is 3.52. The first kappa shape index (κ1) is 20.7. The third-order valence-electron chi connectivity index (χ3n) is 7.61. The molecule has 1 N–H and O–H groups in total. The van der Waals surface area contributed by atoms with Crippen LogP contribution in [-0.2, 0) is 0 Å². The van der Waals surface area contributed by atoms with E-state index in [9.17, 15) is 9.18 Å². The van der Waals surface area contributed by atoms with Crippen LogP contribution in [0.4, 0.5) is 4.39 Å². The molecule has 2 fully saturated rings. The average molecular weight is 427 g/mol. The Bertz CT molecular complexity index is 1180. The van der Waals surface area contributed by atoms with Crippen LogP contribution in [0.3, 0.4) is 0 Å². The molecule has 2 aliphatic rings. The molecule has 1 amide bonds. The minimum atomic E-state index is -0.205. The average Bonchev–Trinajstić information content (AvgIpc) is 3.38. The van der Waals surface area contributed by atoms with Gasteiger partial charge < -0.3 is 5.32 Å². The Morgan fingerprint density at radius 3 is 2.50 bits per heavy atom. The Hall–Kier alpha value is -3.19. The standard InChI is InChI=1S/C28H27FN2O/c1-3-18-4-6-19(7-5-18)28(32)31-17(2)20-12-21-14-23(15-22(21)13-20)25-10-11-30-27-9-8-24(29)16-26(25)27/h1,4-11,16-17,20-23H,12-15H2,2H3,(H,31,32)/t17?,20-,21-,22+,23?. The SMILES string of the molecule is C#Cc1ccc(C(=O)NC(C)[C@H]2C[C@H]3CC(c4ccnc5ccc(F)cc45)C[C@H]3C2)cc1. The lowest BCUT2D eigenvalue weighted by Crippen LogP contribution is -2.37. The molecule has 0 radical (unpaired) electrons. The second kappa shape index (κ2) is 8.39. The third-order valence-corrected chi connectivity index (χ3v) is 7.61. The van der Waals surface area contributed by atoms with Gasteiger partial charge >= 0.3 is 0 Å². The number of carbonyl (C=O) groups is 1. The van der Waals surface area contributed by atoms with Gasteiger partial charge in [-0.15, -0.1) is 6.42 Å². The van der Waals surface area contributed by atoms with Crippen LogP contribution >= 0.6 is 0 Å². The maximum absolute atomic E-state index is 13.9. The normalized spacial score (nSPS) is 25.3. The van der Waals surface area contributed by atoms with Crippen molar-refractivity contribution in [3.63, 3.8) is 0 Å². The molecule has 1 heterocycles. The number of rotatable bonds is 4. The zero-order valence-electron chi connectivity index (χ0n) is 18.2. The van der Waals surface area contributed by atoms with Gasteiger partial charge in [0.1, 0.15) is 5.82 Å². The number of fused-ring (bicyclic) bond motifs is 2. The molecule has 3 nitrogen and oxygen atoms in total. The van der Waals surface area contributed by atoms with Crippen LogP contribution in [0.2, 0.25) is 0 Å². The van der Waals surface area contributed by atoms with Gasteiger partial charge in [-0.25, -0.2) is 4.39 Å². The molecule has 5 atom stereocenters. The predicted molar refractivity (Wildman–Crippen MR) is 125 cm³/mol. The fourth-order valence-electron chi connectivity index (χ4n) is 5.95. The Kier molecular flexibility index (Phi) is 5.43. The number of aromatic nitrogens is 1. The number of nitrogens with one attached hydrogen (secondary N) is 1. The molecule has 2 aliphatic carbocycles. The van der Waals surface area contributed by atoms with Crippen LogP contribution in [0.15, 0.2) is 54.7 Å². The third kappa shape index (κ3) is 3.88. The van der Waals surface area contributed by atoms with Crippen LogP contribution in [-0.4, -0.2) is 16.9 Å². The second-order valence-electron chi connectivity index (χ2n) is 9.47. The molecule has 0 bridgehead atoms. The summed E-state index contributed by atoms with van der Waals surface area (Å²) < 4.78 is 13.9. The summed E-state index contributed by atoms with van der Waals surface area (Å²) in [5, 5.41) is 4.15. The van der Waals surface area contributed by atoms with Gasteiger partial charge in [0.25, 0.3) is 5.91 Å². The lowest BCUT2D eigenvalue weighted by atomic mass is 9.88. The van der Waals surface area contributed by atoms with Crippen molar-refractivity contribution in [1.29, 1.82) is 0 Å². The zero-order chi connectivity index (χ0) is 22.2. The first-order valence-corrected chi connectivity index (χ1v) is 11.4. The molecule has 2 saturated carbocycles. The summed E-state index contributed by atoms with van der Waals surface area (Å²) in [6, 6.07) is 14.2. The smallest absolute Gasteiger partial charge is 0.251 e. The van der Waals surface area contributed by atoms with E-state index in [0.29, 0.717) is 29.2 Å². The van der Waals surface area contributed by atoms with Gasteiger partial charge in [0.15, 0.2) is 0 Å². The predicted octanol–water partition coefficient (Wildman–Crippen LogP) is 5.69. The summed E-state index contributed by atoms with van der Waals surface area (Å²) in [6.07, 6.45) is 11.8. The summed E-state index contributed by atoms with van der Waals surface area (Å²) >= 11 is 0. The highest BCUT2D eigenvalue weighted by Gasteiger charge is 2.43. The number of pyridine rings is 1. The van der Waals surface area contributed by atoms with Crippen molar-refractivity contribution < 1.29 is 9.18 Å². The molecule has 0 aliphatic heterocycles. The summed E-state index contributed by atoms with van der Waals surface area (Å²) in [7, 11) is 0. The molecule has 32 heavy (non-hydrogen) atoms. The Morgan fingerprint density at radius 2 is 1.81 bits per heavy atom. The largest absolute Gasteiger partial charge is 0.349 e. The van der Waals surface area contributed by atoms with E-state index >= 15 is 0 Å². The van der Waals surface area contributed by atoms with Crippen molar-refractivity contribution in [1.82, 2.24) is 10.3 Å². The van der Waals surface area contributed by atoms with Crippen LogP contribution in [0, 0.1) is 35.9 Å². The highest BCUT2D eigenvalue weighted by Crippen LogP contribution is 2.53. The first-order chi connectivity index (χ1) is 15.5. The highest BCUT2D eigenvalue weighted by atomic mass is 19.1. The molecule has 2 aromatic carbocycles. The second-order valence-corrected chi connectivity index (χ2v) is 9.47. The summed E-state index contributed by atoms with van der Waals surface area (Å²) in [4.78, 5) is 17.1. The number of carbonyl (C=O) groups excluding carboxylic acids is 1. The van der Waals surface area contributed by atoms with Crippen LogP contribution in [0.1, 0.15) is 60.0 Å². The van der Waals surface area contributed by atoms with Crippen molar-refractivity contribution >= 4 is 16.8 Å². The highest BCUT2D eigenvalue weighted by molar-refractivity contribution is 5.94. The van der Waals surface area contributed by atoms with Crippen molar-refractivity contribution in [3.05, 3.63) is 77.2 Å². The number of amides is 1. The molecule has 5 rings (SSSR count). The van der Waals surface area contributed by atoms with Gasteiger partial charge in [0, 0.05) is 28.8 Å². The van der Waals surface area contributed by atoms with Crippen molar-refractivity contribution in [2.24, 2.45) is 17.8 Å². The van der Waals surface area contributed by atoms with E-state index in [1.54, 1.807) is 36.4 Å². The fourth-order valence-corrected chi connectivity index (χ4v) is 5.95. The Morgan fingerprint density at radius 1 is 1.09 bits per heavy atom. The molecule has 3 aromatic rings. The van der Waals surface area contributed by atoms with E-state index in [4.69, 9.17) is 6.42 Å². The van der Waals surface area contributed by atoms with E-state index in [-0.39, 0.29) is 17.8 Å². The van der Waals surface area contributed by atoms with Gasteiger partial charge in [-0.05, 0) is 110 Å². The van der Waals surface area contributed by atoms with E-state index in [1.165, 1.54) is 11.6 Å². The minimum absolute atomic E-state index is 0.0405. The summed E-state index contributed by atoms with van der Waals surface area (Å²) in [5.74, 6) is 4.60. The summed E-state index contributed by atoms with van der Waals surface area (Å²) in [6.45, 7) is 2.12. The minimum Gasteiger partial charge on any atom is -0.349 e. The van der Waals surface area contributed by atoms with Gasteiger partial charge in [0.2, 0.25) is 0 Å². The van der Waals surface area contributed by atoms with Crippen molar-refractivity contribution in [2.75, 3.05) is 0 Å². The number of hydrogen-bond donors (Lipinski definition) is 1. The van der Waals surface area contributed by atoms with E-state index in [0.717, 1.165) is 42.1 Å². The van der Waals surface area contributed by atoms with Gasteiger partial charge in [-0.3, -0.25) is 9.78 Å². The van der Waals surface area contributed by atoms with Crippen molar-refractivity contribution in [2.45, 2.75) is 44.6 Å². The van der Waals surface area contributed by atoms with E-state index < -0.39 is 0 Å². The Labute approximate surface area is 188 Å². The molecule has 1 aromatic heterocycles. The molecule has 2 unspecified atom stereocenters. The number of terminal acetylenes is 1. The van der Waals surface area contributed by atoms with Gasteiger partial charge in [-0.2, -0.15) is 0 Å². The zero-order valence-corrected chi connectivity index (χ0v) is 18.2. The van der Waals surface area contributed by atoms with Crippen molar-refractivity contribution in [3.8, 4) is 12.3 Å². The lowest BCUT2D eigenvalue weighted by Gasteiger charge is -2.23.